The molecule has 4 rings (SSSR count). The summed E-state index contributed by atoms with van der Waals surface area (Å²) < 4.78 is 0. The quantitative estimate of drug-likeness (QED) is 0.840. The topological polar surface area (TPSA) is 47.3 Å². The SMILES string of the molecule is N#Cc1ccccc1C(=O)N1CCC(N2CCc3ccccc3C2)CC1. The predicted molar refractivity (Wildman–Crippen MR) is 101 cm³/mol. The van der Waals surface area contributed by atoms with Crippen molar-refractivity contribution < 1.29 is 4.79 Å². The van der Waals surface area contributed by atoms with E-state index in [9.17, 15) is 10.1 Å². The first-order chi connectivity index (χ1) is 12.8. The third-order valence-corrected chi connectivity index (χ3v) is 5.71. The number of nitrogens with zero attached hydrogens (tertiary/aromatic N) is 3. The van der Waals surface area contributed by atoms with Crippen LogP contribution < -0.4 is 0 Å². The van der Waals surface area contributed by atoms with Crippen LogP contribution in [0.25, 0.3) is 0 Å². The highest BCUT2D eigenvalue weighted by molar-refractivity contribution is 5.96. The maximum Gasteiger partial charge on any atom is 0.255 e. The van der Waals surface area contributed by atoms with Crippen LogP contribution in [-0.2, 0) is 13.0 Å². The average molecular weight is 345 g/mol. The van der Waals surface area contributed by atoms with E-state index in [0.717, 1.165) is 45.4 Å². The van der Waals surface area contributed by atoms with Crippen molar-refractivity contribution in [2.24, 2.45) is 0 Å². The average Bonchev–Trinajstić information content (AvgIpc) is 2.73. The van der Waals surface area contributed by atoms with E-state index in [1.807, 2.05) is 11.0 Å². The van der Waals surface area contributed by atoms with Gasteiger partial charge in [-0.2, -0.15) is 5.26 Å². The number of carbonyl (C=O) groups excluding carboxylic acids is 1. The van der Waals surface area contributed by atoms with E-state index in [4.69, 9.17) is 0 Å². The third-order valence-electron chi connectivity index (χ3n) is 5.71. The van der Waals surface area contributed by atoms with Crippen molar-refractivity contribution in [2.45, 2.75) is 31.8 Å². The van der Waals surface area contributed by atoms with Gasteiger partial charge in [-0.3, -0.25) is 9.69 Å². The minimum absolute atomic E-state index is 0.00964. The Hall–Kier alpha value is -2.64. The minimum atomic E-state index is -0.00964. The van der Waals surface area contributed by atoms with E-state index in [0.29, 0.717) is 17.2 Å². The summed E-state index contributed by atoms with van der Waals surface area (Å²) >= 11 is 0. The van der Waals surface area contributed by atoms with Crippen LogP contribution in [0.5, 0.6) is 0 Å². The smallest absolute Gasteiger partial charge is 0.255 e. The number of piperidine rings is 1. The lowest BCUT2D eigenvalue weighted by Gasteiger charge is -2.40. The molecule has 2 aromatic carbocycles. The van der Waals surface area contributed by atoms with Crippen LogP contribution in [0, 0.1) is 11.3 Å². The van der Waals surface area contributed by atoms with Gasteiger partial charge in [0, 0.05) is 32.2 Å². The van der Waals surface area contributed by atoms with Crippen LogP contribution in [0.3, 0.4) is 0 Å². The molecule has 0 radical (unpaired) electrons. The van der Waals surface area contributed by atoms with Gasteiger partial charge in [-0.25, -0.2) is 0 Å². The molecule has 0 spiro atoms. The summed E-state index contributed by atoms with van der Waals surface area (Å²) in [7, 11) is 0. The van der Waals surface area contributed by atoms with Gasteiger partial charge in [-0.15, -0.1) is 0 Å². The molecule has 0 bridgehead atoms. The first-order valence-electron chi connectivity index (χ1n) is 9.35. The Morgan fingerprint density at radius 3 is 2.42 bits per heavy atom. The number of benzene rings is 2. The molecular weight excluding hydrogens is 322 g/mol. The summed E-state index contributed by atoms with van der Waals surface area (Å²) in [6.45, 7) is 3.65. The lowest BCUT2D eigenvalue weighted by Crippen LogP contribution is -2.48. The van der Waals surface area contributed by atoms with Crippen molar-refractivity contribution >= 4 is 5.91 Å². The van der Waals surface area contributed by atoms with E-state index >= 15 is 0 Å². The van der Waals surface area contributed by atoms with E-state index in [-0.39, 0.29) is 5.91 Å². The number of hydrogen-bond donors (Lipinski definition) is 0. The van der Waals surface area contributed by atoms with Crippen molar-refractivity contribution in [3.8, 4) is 6.07 Å². The number of likely N-dealkylation sites (tertiary alicyclic amines) is 1. The lowest BCUT2D eigenvalue weighted by molar-refractivity contribution is 0.0599. The molecule has 26 heavy (non-hydrogen) atoms. The number of amides is 1. The predicted octanol–water partition coefficient (Wildman–Crippen LogP) is 3.22. The van der Waals surface area contributed by atoms with Crippen LogP contribution in [-0.4, -0.2) is 41.4 Å². The highest BCUT2D eigenvalue weighted by Gasteiger charge is 2.29. The molecule has 2 aromatic rings. The number of fused-ring (bicyclic) bond motifs is 1. The summed E-state index contributed by atoms with van der Waals surface area (Å²) in [4.78, 5) is 17.3. The zero-order valence-corrected chi connectivity index (χ0v) is 14.9. The van der Waals surface area contributed by atoms with Crippen molar-refractivity contribution in [1.29, 1.82) is 5.26 Å². The summed E-state index contributed by atoms with van der Waals surface area (Å²) in [5, 5.41) is 9.23. The van der Waals surface area contributed by atoms with Crippen LogP contribution in [0.1, 0.15) is 39.9 Å². The summed E-state index contributed by atoms with van der Waals surface area (Å²) in [5.74, 6) is -0.00964. The highest BCUT2D eigenvalue weighted by atomic mass is 16.2. The largest absolute Gasteiger partial charge is 0.338 e. The maximum atomic E-state index is 12.8. The Morgan fingerprint density at radius 1 is 0.962 bits per heavy atom. The van der Waals surface area contributed by atoms with Gasteiger partial charge in [-0.05, 0) is 42.5 Å². The molecule has 0 aromatic heterocycles. The van der Waals surface area contributed by atoms with Gasteiger partial charge in [0.25, 0.3) is 5.91 Å². The molecule has 132 valence electrons. The van der Waals surface area contributed by atoms with Crippen LogP contribution in [0.4, 0.5) is 0 Å². The molecule has 1 saturated heterocycles. The molecule has 0 N–H and O–H groups in total. The van der Waals surface area contributed by atoms with Crippen LogP contribution in [0.2, 0.25) is 0 Å². The fourth-order valence-corrected chi connectivity index (χ4v) is 4.20. The summed E-state index contributed by atoms with van der Waals surface area (Å²) in [5.41, 5.74) is 3.91. The van der Waals surface area contributed by atoms with Gasteiger partial charge in [0.2, 0.25) is 0 Å². The minimum Gasteiger partial charge on any atom is -0.338 e. The Labute approximate surface area is 154 Å². The molecule has 4 nitrogen and oxygen atoms in total. The molecule has 2 heterocycles. The van der Waals surface area contributed by atoms with Crippen molar-refractivity contribution in [1.82, 2.24) is 9.80 Å². The fraction of sp³-hybridized carbons (Fsp3) is 0.364. The normalized spacial score (nSPS) is 18.2. The number of hydrogen-bond acceptors (Lipinski definition) is 3. The molecule has 1 fully saturated rings. The zero-order chi connectivity index (χ0) is 17.9. The second kappa shape index (κ2) is 7.31. The first-order valence-corrected chi connectivity index (χ1v) is 9.35. The summed E-state index contributed by atoms with van der Waals surface area (Å²) in [6.07, 6.45) is 3.12. The van der Waals surface area contributed by atoms with Gasteiger partial charge in [0.1, 0.15) is 0 Å². The van der Waals surface area contributed by atoms with Crippen LogP contribution in [0.15, 0.2) is 48.5 Å². The Kier molecular flexibility index (Phi) is 4.73. The van der Waals surface area contributed by atoms with Crippen molar-refractivity contribution in [3.63, 3.8) is 0 Å². The number of nitriles is 1. The number of rotatable bonds is 2. The number of carbonyl (C=O) groups is 1. The standard InChI is InChI=1S/C22H23N3O/c23-15-18-6-3-4-8-21(18)22(26)24-13-10-20(11-14-24)25-12-9-17-5-1-2-7-19(17)16-25/h1-8,20H,9-14,16H2. The molecule has 0 aliphatic carbocycles. The van der Waals surface area contributed by atoms with Crippen LogP contribution >= 0.6 is 0 Å². The van der Waals surface area contributed by atoms with E-state index in [1.165, 1.54) is 11.1 Å². The molecule has 0 saturated carbocycles. The Bertz CT molecular complexity index is 846. The lowest BCUT2D eigenvalue weighted by atomic mass is 9.95. The molecule has 0 atom stereocenters. The monoisotopic (exact) mass is 345 g/mol. The second-order valence-corrected chi connectivity index (χ2v) is 7.17. The molecule has 1 amide bonds. The third kappa shape index (κ3) is 3.23. The zero-order valence-electron chi connectivity index (χ0n) is 14.9. The molecular formula is C22H23N3O. The Balaban J connectivity index is 1.39. The molecule has 0 unspecified atom stereocenters. The highest BCUT2D eigenvalue weighted by Crippen LogP contribution is 2.25. The van der Waals surface area contributed by atoms with E-state index < -0.39 is 0 Å². The van der Waals surface area contributed by atoms with Crippen molar-refractivity contribution in [2.75, 3.05) is 19.6 Å². The van der Waals surface area contributed by atoms with Gasteiger partial charge in [-0.1, -0.05) is 36.4 Å². The summed E-state index contributed by atoms with van der Waals surface area (Å²) in [6, 6.07) is 18.5. The van der Waals surface area contributed by atoms with Gasteiger partial charge < -0.3 is 4.90 Å². The van der Waals surface area contributed by atoms with E-state index in [2.05, 4.69) is 35.2 Å². The van der Waals surface area contributed by atoms with Crippen molar-refractivity contribution in [3.05, 3.63) is 70.8 Å². The Morgan fingerprint density at radius 2 is 1.65 bits per heavy atom. The van der Waals surface area contributed by atoms with Gasteiger partial charge in [0.15, 0.2) is 0 Å². The van der Waals surface area contributed by atoms with Gasteiger partial charge >= 0.3 is 0 Å². The fourth-order valence-electron chi connectivity index (χ4n) is 4.20. The molecule has 2 aliphatic rings. The maximum absolute atomic E-state index is 12.8. The van der Waals surface area contributed by atoms with Gasteiger partial charge in [0.05, 0.1) is 17.2 Å². The van der Waals surface area contributed by atoms with E-state index in [1.54, 1.807) is 18.2 Å². The first kappa shape index (κ1) is 16.8. The second-order valence-electron chi connectivity index (χ2n) is 7.17. The molecule has 4 heteroatoms. The molecule has 2 aliphatic heterocycles.